The summed E-state index contributed by atoms with van der Waals surface area (Å²) in [5, 5.41) is 13.0. The summed E-state index contributed by atoms with van der Waals surface area (Å²) >= 11 is 1.24. The third kappa shape index (κ3) is 4.69. The maximum Gasteiger partial charge on any atom is 0.337 e. The number of hydrogen-bond donors (Lipinski definition) is 2. The Morgan fingerprint density at radius 1 is 1.07 bits per heavy atom. The maximum absolute atomic E-state index is 11.6. The molecule has 1 heterocycles. The Morgan fingerprint density at radius 3 is 2.40 bits per heavy atom. The summed E-state index contributed by atoms with van der Waals surface area (Å²) in [6, 6.07) is 12.0. The lowest BCUT2D eigenvalue weighted by Crippen LogP contribution is -2.00. The van der Waals surface area contributed by atoms with Gasteiger partial charge in [0.05, 0.1) is 39.0 Å². The number of carbonyl (C=O) groups is 2. The number of ether oxygens (including phenoxy) is 3. The predicted octanol–water partition coefficient (Wildman–Crippen LogP) is 3.98. The SMILES string of the molecule is COC(=O)c1ccc(Nc2nc(-c3ccc(OC)cc3OC)c(CC(=O)O)s2)cc1. The lowest BCUT2D eigenvalue weighted by atomic mass is 10.1. The van der Waals surface area contributed by atoms with Crippen LogP contribution in [0.4, 0.5) is 10.8 Å². The molecule has 0 radical (unpaired) electrons. The molecule has 1 aromatic heterocycles. The Bertz CT molecular complexity index is 1060. The van der Waals surface area contributed by atoms with Crippen LogP contribution in [0.25, 0.3) is 11.3 Å². The second-order valence-corrected chi connectivity index (χ2v) is 7.21. The van der Waals surface area contributed by atoms with Gasteiger partial charge in [-0.3, -0.25) is 4.79 Å². The van der Waals surface area contributed by atoms with E-state index in [1.807, 2.05) is 0 Å². The average Bonchev–Trinajstić information content (AvgIpc) is 3.14. The summed E-state index contributed by atoms with van der Waals surface area (Å²) in [4.78, 5) is 28.1. The molecule has 0 amide bonds. The molecule has 0 unspecified atom stereocenters. The van der Waals surface area contributed by atoms with Crippen LogP contribution in [0, 0.1) is 0 Å². The van der Waals surface area contributed by atoms with Gasteiger partial charge in [-0.1, -0.05) is 0 Å². The number of hydrogen-bond acceptors (Lipinski definition) is 8. The van der Waals surface area contributed by atoms with E-state index in [1.165, 1.54) is 25.6 Å². The van der Waals surface area contributed by atoms with Crippen molar-refractivity contribution in [2.24, 2.45) is 0 Å². The molecule has 0 saturated heterocycles. The zero-order valence-electron chi connectivity index (χ0n) is 16.6. The van der Waals surface area contributed by atoms with Crippen molar-refractivity contribution in [1.82, 2.24) is 4.98 Å². The predicted molar refractivity (Wildman–Crippen MR) is 113 cm³/mol. The number of carboxylic acid groups (broad SMARTS) is 1. The van der Waals surface area contributed by atoms with E-state index in [9.17, 15) is 14.7 Å². The van der Waals surface area contributed by atoms with Crippen molar-refractivity contribution in [2.75, 3.05) is 26.6 Å². The Morgan fingerprint density at radius 2 is 1.80 bits per heavy atom. The van der Waals surface area contributed by atoms with E-state index in [-0.39, 0.29) is 6.42 Å². The standard InChI is InChI=1S/C21H20N2O6S/c1-27-14-8-9-15(16(10-14)28-2)19-17(11-18(24)25)30-21(23-19)22-13-6-4-12(5-7-13)20(26)29-3/h4-10H,11H2,1-3H3,(H,22,23)(H,24,25). The number of methoxy groups -OCH3 is 3. The molecule has 0 saturated carbocycles. The molecule has 0 fully saturated rings. The largest absolute Gasteiger partial charge is 0.497 e. The lowest BCUT2D eigenvalue weighted by molar-refractivity contribution is -0.136. The first-order chi connectivity index (χ1) is 14.4. The molecular weight excluding hydrogens is 408 g/mol. The topological polar surface area (TPSA) is 107 Å². The summed E-state index contributed by atoms with van der Waals surface area (Å²) in [7, 11) is 4.41. The van der Waals surface area contributed by atoms with E-state index in [4.69, 9.17) is 14.2 Å². The lowest BCUT2D eigenvalue weighted by Gasteiger charge is -2.09. The fourth-order valence-electron chi connectivity index (χ4n) is 2.80. The minimum Gasteiger partial charge on any atom is -0.497 e. The van der Waals surface area contributed by atoms with Crippen molar-refractivity contribution in [3.05, 3.63) is 52.9 Å². The molecular formula is C21H20N2O6S. The molecule has 3 rings (SSSR count). The molecule has 0 aliphatic carbocycles. The highest BCUT2D eigenvalue weighted by atomic mass is 32.1. The van der Waals surface area contributed by atoms with Crippen LogP contribution in [0.2, 0.25) is 0 Å². The molecule has 0 bridgehead atoms. The number of aliphatic carboxylic acids is 1. The van der Waals surface area contributed by atoms with Gasteiger partial charge in [-0.25, -0.2) is 9.78 Å². The number of carbonyl (C=O) groups excluding carboxylic acids is 1. The molecule has 0 aliphatic heterocycles. The van der Waals surface area contributed by atoms with Crippen LogP contribution < -0.4 is 14.8 Å². The summed E-state index contributed by atoms with van der Waals surface area (Å²) in [5.74, 6) is -0.232. The van der Waals surface area contributed by atoms with Crippen LogP contribution in [0.1, 0.15) is 15.2 Å². The number of aromatic nitrogens is 1. The zero-order chi connectivity index (χ0) is 21.7. The van der Waals surface area contributed by atoms with E-state index < -0.39 is 11.9 Å². The highest BCUT2D eigenvalue weighted by Gasteiger charge is 2.19. The van der Waals surface area contributed by atoms with Gasteiger partial charge in [0.25, 0.3) is 0 Å². The van der Waals surface area contributed by atoms with Crippen LogP contribution in [0.3, 0.4) is 0 Å². The maximum atomic E-state index is 11.6. The van der Waals surface area contributed by atoms with Crippen molar-refractivity contribution in [3.63, 3.8) is 0 Å². The number of rotatable bonds is 8. The van der Waals surface area contributed by atoms with Gasteiger partial charge in [-0.05, 0) is 36.4 Å². The van der Waals surface area contributed by atoms with Crippen molar-refractivity contribution in [2.45, 2.75) is 6.42 Å². The third-order valence-electron chi connectivity index (χ3n) is 4.23. The first-order valence-electron chi connectivity index (χ1n) is 8.84. The van der Waals surface area contributed by atoms with Crippen molar-refractivity contribution in [1.29, 1.82) is 0 Å². The fraction of sp³-hybridized carbons (Fsp3) is 0.190. The molecule has 2 aromatic carbocycles. The number of nitrogens with zero attached hydrogens (tertiary/aromatic N) is 1. The van der Waals surface area contributed by atoms with Gasteiger partial charge in [0.15, 0.2) is 5.13 Å². The summed E-state index contributed by atoms with van der Waals surface area (Å²) < 4.78 is 15.4. The van der Waals surface area contributed by atoms with Gasteiger partial charge >= 0.3 is 11.9 Å². The Kier molecular flexibility index (Phi) is 6.53. The second kappa shape index (κ2) is 9.27. The molecule has 8 nitrogen and oxygen atoms in total. The quantitative estimate of drug-likeness (QED) is 0.519. The van der Waals surface area contributed by atoms with E-state index in [1.54, 1.807) is 49.6 Å². The van der Waals surface area contributed by atoms with Crippen LogP contribution in [-0.4, -0.2) is 43.4 Å². The third-order valence-corrected chi connectivity index (χ3v) is 5.20. The van der Waals surface area contributed by atoms with Crippen molar-refractivity contribution in [3.8, 4) is 22.8 Å². The number of carboxylic acids is 1. The molecule has 0 atom stereocenters. The molecule has 0 spiro atoms. The molecule has 30 heavy (non-hydrogen) atoms. The highest BCUT2D eigenvalue weighted by Crippen LogP contribution is 2.39. The number of anilines is 2. The normalized spacial score (nSPS) is 10.4. The van der Waals surface area contributed by atoms with E-state index >= 15 is 0 Å². The number of benzene rings is 2. The molecule has 0 aliphatic rings. The minimum absolute atomic E-state index is 0.175. The molecule has 2 N–H and O–H groups in total. The molecule has 156 valence electrons. The Labute approximate surface area is 177 Å². The van der Waals surface area contributed by atoms with E-state index in [0.29, 0.717) is 44.0 Å². The average molecular weight is 428 g/mol. The van der Waals surface area contributed by atoms with Gasteiger partial charge in [0.2, 0.25) is 0 Å². The highest BCUT2D eigenvalue weighted by molar-refractivity contribution is 7.16. The van der Waals surface area contributed by atoms with Gasteiger partial charge in [-0.2, -0.15) is 0 Å². The van der Waals surface area contributed by atoms with Crippen molar-refractivity contribution < 1.29 is 28.9 Å². The van der Waals surface area contributed by atoms with Gasteiger partial charge in [0.1, 0.15) is 11.5 Å². The van der Waals surface area contributed by atoms with E-state index in [2.05, 4.69) is 10.3 Å². The molecule has 3 aromatic rings. The van der Waals surface area contributed by atoms with Gasteiger partial charge in [-0.15, -0.1) is 11.3 Å². The van der Waals surface area contributed by atoms with Crippen LogP contribution in [0.5, 0.6) is 11.5 Å². The smallest absolute Gasteiger partial charge is 0.337 e. The Balaban J connectivity index is 1.96. The van der Waals surface area contributed by atoms with Crippen LogP contribution in [-0.2, 0) is 16.0 Å². The van der Waals surface area contributed by atoms with Crippen LogP contribution >= 0.6 is 11.3 Å². The van der Waals surface area contributed by atoms with Crippen LogP contribution in [0.15, 0.2) is 42.5 Å². The Hall–Kier alpha value is -3.59. The van der Waals surface area contributed by atoms with Crippen molar-refractivity contribution >= 4 is 34.1 Å². The number of nitrogens with one attached hydrogen (secondary N) is 1. The summed E-state index contributed by atoms with van der Waals surface area (Å²) in [6.07, 6.45) is -0.175. The van der Waals surface area contributed by atoms with Gasteiger partial charge < -0.3 is 24.6 Å². The molecule has 9 heteroatoms. The number of esters is 1. The first kappa shape index (κ1) is 21.1. The monoisotopic (exact) mass is 428 g/mol. The fourth-order valence-corrected chi connectivity index (χ4v) is 3.79. The number of thiazole rings is 1. The second-order valence-electron chi connectivity index (χ2n) is 6.12. The summed E-state index contributed by atoms with van der Waals surface area (Å²) in [6.45, 7) is 0. The zero-order valence-corrected chi connectivity index (χ0v) is 17.4. The minimum atomic E-state index is -0.957. The van der Waals surface area contributed by atoms with Gasteiger partial charge in [0, 0.05) is 22.2 Å². The summed E-state index contributed by atoms with van der Waals surface area (Å²) in [5.41, 5.74) is 2.32. The first-order valence-corrected chi connectivity index (χ1v) is 9.66. The van der Waals surface area contributed by atoms with E-state index in [0.717, 1.165) is 0 Å².